The molecule has 0 bridgehead atoms. The van der Waals surface area contributed by atoms with Crippen LogP contribution in [0.15, 0.2) is 64.3 Å². The van der Waals surface area contributed by atoms with Gasteiger partial charge in [-0.25, -0.2) is 0 Å². The molecule has 3 aliphatic rings. The Labute approximate surface area is 224 Å². The van der Waals surface area contributed by atoms with E-state index in [2.05, 4.69) is 51.9 Å². The first-order valence-electron chi connectivity index (χ1n) is 13.3. The van der Waals surface area contributed by atoms with Gasteiger partial charge >= 0.3 is 0 Å². The molecule has 10 heteroatoms. The van der Waals surface area contributed by atoms with Crippen molar-refractivity contribution in [2.75, 3.05) is 38.5 Å². The number of anilines is 1. The number of rotatable bonds is 8. The maximum Gasteiger partial charge on any atom is 0.247 e. The molecule has 2 atom stereocenters. The number of ether oxygens (including phenoxy) is 1. The number of carbonyl (C=O) groups is 2. The van der Waals surface area contributed by atoms with E-state index in [0.717, 1.165) is 32.6 Å². The Hall–Kier alpha value is -3.79. The van der Waals surface area contributed by atoms with Crippen LogP contribution in [-0.2, 0) is 9.59 Å². The fourth-order valence-corrected chi connectivity index (χ4v) is 4.76. The molecule has 1 aliphatic carbocycles. The maximum absolute atomic E-state index is 12.4. The van der Waals surface area contributed by atoms with E-state index in [9.17, 15) is 9.59 Å². The molecular weight excluding hydrogens is 482 g/mol. The van der Waals surface area contributed by atoms with Crippen molar-refractivity contribution >= 4 is 23.3 Å². The SMILES string of the molecule is CCC(=O)Nc1cccc(OC2=C(CC)NC(C(N)=O)C(=NC3C=CC(N4CCN(C)CC4)=C(C)C3)N2)c1. The summed E-state index contributed by atoms with van der Waals surface area (Å²) in [6, 6.07) is 6.26. The van der Waals surface area contributed by atoms with Crippen molar-refractivity contribution in [3.05, 3.63) is 59.3 Å². The smallest absolute Gasteiger partial charge is 0.247 e. The van der Waals surface area contributed by atoms with Gasteiger partial charge in [-0.3, -0.25) is 14.6 Å². The van der Waals surface area contributed by atoms with Crippen molar-refractivity contribution in [1.82, 2.24) is 20.4 Å². The number of hydrogen-bond donors (Lipinski definition) is 4. The first-order valence-corrected chi connectivity index (χ1v) is 13.3. The Morgan fingerprint density at radius 3 is 2.63 bits per heavy atom. The van der Waals surface area contributed by atoms with Crippen molar-refractivity contribution in [2.45, 2.75) is 52.1 Å². The molecule has 204 valence electrons. The summed E-state index contributed by atoms with van der Waals surface area (Å²) in [7, 11) is 2.15. The molecule has 2 unspecified atom stereocenters. The van der Waals surface area contributed by atoms with Crippen LogP contribution < -0.4 is 26.4 Å². The lowest BCUT2D eigenvalue weighted by Gasteiger charge is -2.37. The Morgan fingerprint density at radius 2 is 1.97 bits per heavy atom. The van der Waals surface area contributed by atoms with E-state index in [0.29, 0.717) is 41.7 Å². The Kier molecular flexibility index (Phi) is 8.73. The van der Waals surface area contributed by atoms with Gasteiger partial charge < -0.3 is 36.2 Å². The van der Waals surface area contributed by atoms with Crippen molar-refractivity contribution in [3.8, 4) is 5.75 Å². The van der Waals surface area contributed by atoms with Crippen molar-refractivity contribution in [2.24, 2.45) is 10.7 Å². The second-order valence-corrected chi connectivity index (χ2v) is 9.90. The molecule has 1 saturated heterocycles. The van der Waals surface area contributed by atoms with Crippen LogP contribution in [0.1, 0.15) is 40.0 Å². The molecule has 1 aromatic carbocycles. The largest absolute Gasteiger partial charge is 0.439 e. The predicted octanol–water partition coefficient (Wildman–Crippen LogP) is 2.29. The zero-order chi connectivity index (χ0) is 27.2. The molecule has 5 N–H and O–H groups in total. The van der Waals surface area contributed by atoms with E-state index < -0.39 is 11.9 Å². The van der Waals surface area contributed by atoms with Crippen molar-refractivity contribution in [1.29, 1.82) is 0 Å². The van der Waals surface area contributed by atoms with Gasteiger partial charge in [0.05, 0.1) is 11.7 Å². The predicted molar refractivity (Wildman–Crippen MR) is 149 cm³/mol. The Balaban J connectivity index is 1.52. The first-order chi connectivity index (χ1) is 18.3. The second kappa shape index (κ2) is 12.2. The van der Waals surface area contributed by atoms with Crippen LogP contribution in [0.3, 0.4) is 0 Å². The van der Waals surface area contributed by atoms with Crippen LogP contribution in [0.25, 0.3) is 0 Å². The molecule has 10 nitrogen and oxygen atoms in total. The van der Waals surface area contributed by atoms with E-state index in [-0.39, 0.29) is 11.9 Å². The lowest BCUT2D eigenvalue weighted by molar-refractivity contribution is -0.118. The fourth-order valence-electron chi connectivity index (χ4n) is 4.76. The summed E-state index contributed by atoms with van der Waals surface area (Å²) in [6.07, 6.45) is 5.97. The molecule has 38 heavy (non-hydrogen) atoms. The molecule has 0 spiro atoms. The van der Waals surface area contributed by atoms with Gasteiger partial charge in [0.1, 0.15) is 11.6 Å². The average Bonchev–Trinajstić information content (AvgIpc) is 2.89. The van der Waals surface area contributed by atoms with Crippen molar-refractivity contribution in [3.63, 3.8) is 0 Å². The molecule has 2 amide bonds. The lowest BCUT2D eigenvalue weighted by atomic mass is 9.98. The lowest BCUT2D eigenvalue weighted by Crippen LogP contribution is -2.56. The van der Waals surface area contributed by atoms with E-state index in [1.165, 1.54) is 11.3 Å². The van der Waals surface area contributed by atoms with Gasteiger partial charge in [-0.1, -0.05) is 26.0 Å². The monoisotopic (exact) mass is 521 g/mol. The van der Waals surface area contributed by atoms with Crippen molar-refractivity contribution < 1.29 is 14.3 Å². The number of nitrogens with one attached hydrogen (secondary N) is 3. The zero-order valence-corrected chi connectivity index (χ0v) is 22.7. The maximum atomic E-state index is 12.4. The summed E-state index contributed by atoms with van der Waals surface area (Å²) in [4.78, 5) is 33.8. The third-order valence-electron chi connectivity index (χ3n) is 6.98. The number of nitrogens with zero attached hydrogens (tertiary/aromatic N) is 3. The van der Waals surface area contributed by atoms with Crippen LogP contribution in [0.5, 0.6) is 5.75 Å². The van der Waals surface area contributed by atoms with Crippen LogP contribution >= 0.6 is 0 Å². The number of allylic oxidation sites excluding steroid dienone is 2. The van der Waals surface area contributed by atoms with E-state index in [4.69, 9.17) is 15.5 Å². The number of likely N-dealkylation sites (N-methyl/N-ethyl adjacent to an activating group) is 1. The topological polar surface area (TPSA) is 124 Å². The minimum atomic E-state index is -0.788. The number of nitrogens with two attached hydrogens (primary N) is 1. The number of amides is 2. The van der Waals surface area contributed by atoms with Gasteiger partial charge in [-0.15, -0.1) is 0 Å². The Morgan fingerprint density at radius 1 is 1.21 bits per heavy atom. The molecule has 2 aliphatic heterocycles. The van der Waals surface area contributed by atoms with Gasteiger partial charge in [0, 0.05) is 50.1 Å². The second-order valence-electron chi connectivity index (χ2n) is 9.90. The minimum absolute atomic E-state index is 0.0764. The standard InChI is InChI=1S/C28H39N7O3/c1-5-22-28(38-21-9-7-8-19(17-21)30-24(36)6-2)33-27(25(32-22)26(29)37)31-20-10-11-23(18(3)16-20)35-14-12-34(4)13-15-35/h7-11,17,20,25,32H,5-6,12-16H2,1-4H3,(H2,29,37)(H,30,36)(H,31,33). The number of piperazine rings is 1. The third kappa shape index (κ3) is 6.55. The van der Waals surface area contributed by atoms with Crippen LogP contribution in [-0.4, -0.2) is 72.8 Å². The van der Waals surface area contributed by atoms with Crippen LogP contribution in [0.4, 0.5) is 5.69 Å². The number of carbonyl (C=O) groups excluding carboxylic acids is 2. The van der Waals surface area contributed by atoms with Gasteiger partial charge in [0.15, 0.2) is 6.04 Å². The molecular formula is C28H39N7O3. The number of aliphatic imine (C=N–C) groups is 1. The highest BCUT2D eigenvalue weighted by molar-refractivity contribution is 6.08. The summed E-state index contributed by atoms with van der Waals surface area (Å²) >= 11 is 0. The summed E-state index contributed by atoms with van der Waals surface area (Å²) in [5, 5.41) is 9.29. The number of amidine groups is 1. The molecule has 1 aromatic rings. The number of benzene rings is 1. The molecule has 4 rings (SSSR count). The van der Waals surface area contributed by atoms with Gasteiger partial charge in [-0.2, -0.15) is 0 Å². The molecule has 1 fully saturated rings. The fraction of sp³-hybridized carbons (Fsp3) is 0.464. The van der Waals surface area contributed by atoms with Gasteiger partial charge in [0.2, 0.25) is 17.7 Å². The average molecular weight is 522 g/mol. The molecule has 2 heterocycles. The number of hydrogen-bond acceptors (Lipinski definition) is 7. The third-order valence-corrected chi connectivity index (χ3v) is 6.98. The molecule has 0 radical (unpaired) electrons. The molecule has 0 aromatic heterocycles. The highest BCUT2D eigenvalue weighted by atomic mass is 16.5. The Bertz CT molecular complexity index is 1180. The van der Waals surface area contributed by atoms with Crippen LogP contribution in [0, 0.1) is 0 Å². The van der Waals surface area contributed by atoms with Gasteiger partial charge in [0.25, 0.3) is 0 Å². The summed E-state index contributed by atoms with van der Waals surface area (Å²) in [5.41, 5.74) is 9.65. The quantitative estimate of drug-likeness (QED) is 0.414. The number of primary amides is 1. The minimum Gasteiger partial charge on any atom is -0.439 e. The van der Waals surface area contributed by atoms with Gasteiger partial charge in [-0.05, 0) is 50.6 Å². The summed E-state index contributed by atoms with van der Waals surface area (Å²) in [6.45, 7) is 10.0. The summed E-state index contributed by atoms with van der Waals surface area (Å²) < 4.78 is 6.17. The van der Waals surface area contributed by atoms with E-state index in [1.807, 2.05) is 13.0 Å². The molecule has 0 saturated carbocycles. The highest BCUT2D eigenvalue weighted by Gasteiger charge is 2.31. The normalized spacial score (nSPS) is 23.3. The highest BCUT2D eigenvalue weighted by Crippen LogP contribution is 2.26. The summed E-state index contributed by atoms with van der Waals surface area (Å²) in [5.74, 6) is 0.820. The van der Waals surface area contributed by atoms with E-state index >= 15 is 0 Å². The first kappa shape index (κ1) is 27.3. The van der Waals surface area contributed by atoms with Crippen LogP contribution in [0.2, 0.25) is 0 Å². The van der Waals surface area contributed by atoms with E-state index in [1.54, 1.807) is 25.1 Å². The zero-order valence-electron chi connectivity index (χ0n) is 22.7.